The van der Waals surface area contributed by atoms with Crippen LogP contribution in [0, 0.1) is 5.82 Å². The summed E-state index contributed by atoms with van der Waals surface area (Å²) in [6, 6.07) is 4.45. The smallest absolute Gasteiger partial charge is 0.242 e. The molecule has 0 bridgehead atoms. The molecule has 3 N–H and O–H groups in total. The predicted octanol–water partition coefficient (Wildman–Crippen LogP) is 2.29. The first-order chi connectivity index (χ1) is 7.91. The standard InChI is InChI=1S/C12H16BrFN2O/c1-3-6-16-12(2,11(15)17)8-4-5-10(14)9(13)7-8/h4-5,7,16H,3,6H2,1-2H3,(H2,15,17). The van der Waals surface area contributed by atoms with Crippen LogP contribution in [0.4, 0.5) is 4.39 Å². The van der Waals surface area contributed by atoms with Crippen molar-refractivity contribution in [1.29, 1.82) is 0 Å². The van der Waals surface area contributed by atoms with E-state index in [2.05, 4.69) is 21.2 Å². The Bertz CT molecular complexity index is 425. The molecule has 5 heteroatoms. The zero-order valence-electron chi connectivity index (χ0n) is 9.89. The van der Waals surface area contributed by atoms with Crippen LogP contribution < -0.4 is 11.1 Å². The fourth-order valence-corrected chi connectivity index (χ4v) is 1.89. The molecule has 17 heavy (non-hydrogen) atoms. The lowest BCUT2D eigenvalue weighted by molar-refractivity contribution is -0.124. The molecule has 0 saturated heterocycles. The Balaban J connectivity index is 3.13. The molecule has 0 radical (unpaired) electrons. The van der Waals surface area contributed by atoms with Gasteiger partial charge >= 0.3 is 0 Å². The molecule has 1 unspecified atom stereocenters. The second-order valence-corrected chi connectivity index (χ2v) is 4.90. The molecule has 0 aliphatic heterocycles. The van der Waals surface area contributed by atoms with Crippen molar-refractivity contribution in [2.75, 3.05) is 6.54 Å². The zero-order valence-corrected chi connectivity index (χ0v) is 11.5. The Hall–Kier alpha value is -0.940. The summed E-state index contributed by atoms with van der Waals surface area (Å²) < 4.78 is 13.5. The summed E-state index contributed by atoms with van der Waals surface area (Å²) in [5.74, 6) is -0.847. The van der Waals surface area contributed by atoms with Gasteiger partial charge in [0.15, 0.2) is 0 Å². The molecule has 0 saturated carbocycles. The van der Waals surface area contributed by atoms with Crippen LogP contribution in [0.15, 0.2) is 22.7 Å². The van der Waals surface area contributed by atoms with Crippen molar-refractivity contribution in [2.45, 2.75) is 25.8 Å². The van der Waals surface area contributed by atoms with Gasteiger partial charge in [-0.25, -0.2) is 4.39 Å². The Morgan fingerprint density at radius 1 is 1.59 bits per heavy atom. The van der Waals surface area contributed by atoms with E-state index >= 15 is 0 Å². The number of rotatable bonds is 5. The number of carbonyl (C=O) groups excluding carboxylic acids is 1. The minimum absolute atomic E-state index is 0.320. The van der Waals surface area contributed by atoms with Crippen molar-refractivity contribution in [3.63, 3.8) is 0 Å². The SMILES string of the molecule is CCCNC(C)(C(N)=O)c1ccc(F)c(Br)c1. The first-order valence-electron chi connectivity index (χ1n) is 5.42. The van der Waals surface area contributed by atoms with Crippen LogP contribution >= 0.6 is 15.9 Å². The van der Waals surface area contributed by atoms with Gasteiger partial charge in [-0.15, -0.1) is 0 Å². The third-order valence-corrected chi connectivity index (χ3v) is 3.33. The minimum atomic E-state index is -0.980. The number of hydrogen-bond acceptors (Lipinski definition) is 2. The van der Waals surface area contributed by atoms with E-state index in [-0.39, 0.29) is 5.82 Å². The van der Waals surface area contributed by atoms with Gasteiger partial charge in [-0.2, -0.15) is 0 Å². The van der Waals surface area contributed by atoms with E-state index in [1.54, 1.807) is 19.1 Å². The lowest BCUT2D eigenvalue weighted by atomic mass is 9.91. The Morgan fingerprint density at radius 3 is 2.71 bits per heavy atom. The van der Waals surface area contributed by atoms with E-state index in [1.165, 1.54) is 6.07 Å². The Kier molecular flexibility index (Phi) is 4.65. The summed E-state index contributed by atoms with van der Waals surface area (Å²) in [4.78, 5) is 11.6. The van der Waals surface area contributed by atoms with Crippen molar-refractivity contribution < 1.29 is 9.18 Å². The van der Waals surface area contributed by atoms with Gasteiger partial charge in [0.25, 0.3) is 0 Å². The molecule has 0 heterocycles. The van der Waals surface area contributed by atoms with E-state index in [0.29, 0.717) is 16.6 Å². The number of halogens is 2. The number of nitrogens with one attached hydrogen (secondary N) is 1. The van der Waals surface area contributed by atoms with Gasteiger partial charge in [-0.1, -0.05) is 13.0 Å². The molecular weight excluding hydrogens is 287 g/mol. The number of carbonyl (C=O) groups is 1. The molecule has 0 spiro atoms. The van der Waals surface area contributed by atoms with E-state index in [0.717, 1.165) is 6.42 Å². The minimum Gasteiger partial charge on any atom is -0.368 e. The van der Waals surface area contributed by atoms with Crippen molar-refractivity contribution in [3.05, 3.63) is 34.1 Å². The van der Waals surface area contributed by atoms with Crippen molar-refractivity contribution in [2.24, 2.45) is 5.73 Å². The van der Waals surface area contributed by atoms with Crippen LogP contribution in [0.25, 0.3) is 0 Å². The normalized spacial score (nSPS) is 14.4. The first-order valence-corrected chi connectivity index (χ1v) is 6.21. The lowest BCUT2D eigenvalue weighted by Gasteiger charge is -2.28. The fraction of sp³-hybridized carbons (Fsp3) is 0.417. The van der Waals surface area contributed by atoms with E-state index < -0.39 is 11.4 Å². The Labute approximate surface area is 109 Å². The summed E-state index contributed by atoms with van der Waals surface area (Å²) in [6.07, 6.45) is 0.880. The molecule has 0 aliphatic carbocycles. The van der Waals surface area contributed by atoms with Crippen LogP contribution in [0.5, 0.6) is 0 Å². The summed E-state index contributed by atoms with van der Waals surface area (Å²) >= 11 is 3.10. The monoisotopic (exact) mass is 302 g/mol. The molecule has 94 valence electrons. The maximum absolute atomic E-state index is 13.2. The second-order valence-electron chi connectivity index (χ2n) is 4.04. The summed E-state index contributed by atoms with van der Waals surface area (Å²) in [7, 11) is 0. The van der Waals surface area contributed by atoms with Crippen molar-refractivity contribution in [1.82, 2.24) is 5.32 Å². The summed E-state index contributed by atoms with van der Waals surface area (Å²) in [6.45, 7) is 4.36. The Morgan fingerprint density at radius 2 is 2.24 bits per heavy atom. The van der Waals surface area contributed by atoms with Crippen LogP contribution in [0.2, 0.25) is 0 Å². The highest BCUT2D eigenvalue weighted by Gasteiger charge is 2.32. The molecule has 1 aromatic rings. The predicted molar refractivity (Wildman–Crippen MR) is 68.9 cm³/mol. The number of nitrogens with two attached hydrogens (primary N) is 1. The average molecular weight is 303 g/mol. The maximum Gasteiger partial charge on any atom is 0.242 e. The number of benzene rings is 1. The molecular formula is C12H16BrFN2O. The largest absolute Gasteiger partial charge is 0.368 e. The highest BCUT2D eigenvalue weighted by Crippen LogP contribution is 2.25. The molecule has 0 fully saturated rings. The lowest BCUT2D eigenvalue weighted by Crippen LogP contribution is -2.50. The van der Waals surface area contributed by atoms with Gasteiger partial charge in [0.1, 0.15) is 11.4 Å². The van der Waals surface area contributed by atoms with Crippen molar-refractivity contribution >= 4 is 21.8 Å². The van der Waals surface area contributed by atoms with Gasteiger partial charge in [0, 0.05) is 0 Å². The number of amides is 1. The highest BCUT2D eigenvalue weighted by molar-refractivity contribution is 9.10. The molecule has 1 amide bonds. The molecule has 1 atom stereocenters. The van der Waals surface area contributed by atoms with Gasteiger partial charge < -0.3 is 5.73 Å². The van der Waals surface area contributed by atoms with E-state index in [4.69, 9.17) is 5.73 Å². The molecule has 3 nitrogen and oxygen atoms in total. The number of hydrogen-bond donors (Lipinski definition) is 2. The van der Waals surface area contributed by atoms with E-state index in [9.17, 15) is 9.18 Å². The molecule has 1 aromatic carbocycles. The molecule has 0 aromatic heterocycles. The maximum atomic E-state index is 13.2. The van der Waals surface area contributed by atoms with Crippen LogP contribution in [-0.4, -0.2) is 12.5 Å². The fourth-order valence-electron chi connectivity index (χ4n) is 1.51. The zero-order chi connectivity index (χ0) is 13.1. The third-order valence-electron chi connectivity index (χ3n) is 2.72. The van der Waals surface area contributed by atoms with Gasteiger partial charge in [0.2, 0.25) is 5.91 Å². The first kappa shape index (κ1) is 14.1. The van der Waals surface area contributed by atoms with Gasteiger partial charge in [-0.3, -0.25) is 10.1 Å². The van der Waals surface area contributed by atoms with Crippen LogP contribution in [0.1, 0.15) is 25.8 Å². The topological polar surface area (TPSA) is 55.1 Å². The molecule has 0 aliphatic rings. The third kappa shape index (κ3) is 3.04. The van der Waals surface area contributed by atoms with Crippen LogP contribution in [0.3, 0.4) is 0 Å². The van der Waals surface area contributed by atoms with Gasteiger partial charge in [0.05, 0.1) is 4.47 Å². The van der Waals surface area contributed by atoms with Crippen LogP contribution in [-0.2, 0) is 10.3 Å². The second kappa shape index (κ2) is 5.60. The number of primary amides is 1. The van der Waals surface area contributed by atoms with Gasteiger partial charge in [-0.05, 0) is 53.5 Å². The average Bonchev–Trinajstić information content (AvgIpc) is 2.29. The summed E-state index contributed by atoms with van der Waals surface area (Å²) in [5, 5.41) is 3.09. The molecule has 1 rings (SSSR count). The quantitative estimate of drug-likeness (QED) is 0.877. The van der Waals surface area contributed by atoms with Crippen molar-refractivity contribution in [3.8, 4) is 0 Å². The summed E-state index contributed by atoms with van der Waals surface area (Å²) in [5.41, 5.74) is 5.09. The van der Waals surface area contributed by atoms with E-state index in [1.807, 2.05) is 6.92 Å². The highest BCUT2D eigenvalue weighted by atomic mass is 79.9.